The van der Waals surface area contributed by atoms with Crippen LogP contribution in [-0.2, 0) is 4.79 Å². The van der Waals surface area contributed by atoms with Gasteiger partial charge in [0, 0.05) is 19.0 Å². The lowest BCUT2D eigenvalue weighted by Crippen LogP contribution is -2.44. The van der Waals surface area contributed by atoms with Gasteiger partial charge in [-0.15, -0.1) is 0 Å². The molecule has 1 N–H and O–H groups in total. The summed E-state index contributed by atoms with van der Waals surface area (Å²) in [4.78, 5) is 13.8. The average molecular weight is 196 g/mol. The molecule has 0 aliphatic carbocycles. The van der Waals surface area contributed by atoms with Crippen molar-refractivity contribution < 1.29 is 4.79 Å². The molecule has 2 fully saturated rings. The van der Waals surface area contributed by atoms with E-state index in [2.05, 4.69) is 17.1 Å². The molecule has 2 aliphatic rings. The first-order chi connectivity index (χ1) is 6.77. The van der Waals surface area contributed by atoms with Gasteiger partial charge in [-0.1, -0.05) is 0 Å². The van der Waals surface area contributed by atoms with Crippen molar-refractivity contribution in [2.75, 3.05) is 19.6 Å². The molecule has 2 saturated heterocycles. The van der Waals surface area contributed by atoms with Gasteiger partial charge in [-0.2, -0.15) is 0 Å². The van der Waals surface area contributed by atoms with E-state index in [1.54, 1.807) is 0 Å². The maximum atomic E-state index is 11.7. The summed E-state index contributed by atoms with van der Waals surface area (Å²) in [5.74, 6) is 1.06. The molecule has 2 rings (SSSR count). The van der Waals surface area contributed by atoms with E-state index < -0.39 is 0 Å². The lowest BCUT2D eigenvalue weighted by Gasteiger charge is -2.35. The zero-order valence-corrected chi connectivity index (χ0v) is 8.96. The van der Waals surface area contributed by atoms with Crippen LogP contribution in [0.1, 0.15) is 32.6 Å². The van der Waals surface area contributed by atoms with Crippen LogP contribution in [0, 0.1) is 5.92 Å². The Labute approximate surface area is 85.8 Å². The number of carbonyl (C=O) groups is 1. The second-order valence-electron chi connectivity index (χ2n) is 4.65. The monoisotopic (exact) mass is 196 g/mol. The van der Waals surface area contributed by atoms with Crippen LogP contribution in [0.15, 0.2) is 0 Å². The van der Waals surface area contributed by atoms with Crippen LogP contribution in [0.4, 0.5) is 0 Å². The first kappa shape index (κ1) is 9.97. The minimum absolute atomic E-state index is 0.371. The maximum absolute atomic E-state index is 11.7. The van der Waals surface area contributed by atoms with Gasteiger partial charge in [-0.05, 0) is 45.2 Å². The zero-order valence-electron chi connectivity index (χ0n) is 8.96. The molecule has 0 aromatic heterocycles. The number of piperidine rings is 1. The molecular weight excluding hydrogens is 176 g/mol. The predicted molar refractivity (Wildman–Crippen MR) is 56.0 cm³/mol. The summed E-state index contributed by atoms with van der Waals surface area (Å²) < 4.78 is 0. The van der Waals surface area contributed by atoms with Crippen LogP contribution in [0.25, 0.3) is 0 Å². The van der Waals surface area contributed by atoms with Crippen LogP contribution in [0.3, 0.4) is 0 Å². The molecule has 3 heteroatoms. The quantitative estimate of drug-likeness (QED) is 0.714. The van der Waals surface area contributed by atoms with Crippen LogP contribution in [-0.4, -0.2) is 36.5 Å². The van der Waals surface area contributed by atoms with E-state index in [0.29, 0.717) is 17.9 Å². The Kier molecular flexibility index (Phi) is 3.06. The second kappa shape index (κ2) is 4.30. The van der Waals surface area contributed by atoms with Gasteiger partial charge in [0.1, 0.15) is 0 Å². The molecule has 3 nitrogen and oxygen atoms in total. The topological polar surface area (TPSA) is 32.3 Å². The lowest BCUT2D eigenvalue weighted by molar-refractivity contribution is -0.136. The third kappa shape index (κ3) is 2.08. The Balaban J connectivity index is 1.89. The highest BCUT2D eigenvalue weighted by Gasteiger charge is 2.27. The Hall–Kier alpha value is -0.570. The number of hydrogen-bond donors (Lipinski definition) is 1. The van der Waals surface area contributed by atoms with Crippen molar-refractivity contribution in [2.24, 2.45) is 5.92 Å². The number of amides is 1. The molecule has 0 spiro atoms. The Bertz CT molecular complexity index is 211. The van der Waals surface area contributed by atoms with Crippen molar-refractivity contribution >= 4 is 5.91 Å². The summed E-state index contributed by atoms with van der Waals surface area (Å²) >= 11 is 0. The highest BCUT2D eigenvalue weighted by Crippen LogP contribution is 2.20. The summed E-state index contributed by atoms with van der Waals surface area (Å²) in [5.41, 5.74) is 0. The molecule has 1 amide bonds. The van der Waals surface area contributed by atoms with Gasteiger partial charge in [-0.25, -0.2) is 0 Å². The fourth-order valence-corrected chi connectivity index (χ4v) is 2.52. The number of nitrogens with zero attached hydrogens (tertiary/aromatic N) is 1. The minimum atomic E-state index is 0.371. The molecule has 14 heavy (non-hydrogen) atoms. The molecule has 2 atom stereocenters. The van der Waals surface area contributed by atoms with E-state index in [4.69, 9.17) is 0 Å². The largest absolute Gasteiger partial charge is 0.340 e. The van der Waals surface area contributed by atoms with Gasteiger partial charge in [0.05, 0.1) is 0 Å². The predicted octanol–water partition coefficient (Wildman–Crippen LogP) is 0.997. The molecule has 80 valence electrons. The van der Waals surface area contributed by atoms with Gasteiger partial charge < -0.3 is 10.2 Å². The van der Waals surface area contributed by atoms with Crippen LogP contribution in [0.2, 0.25) is 0 Å². The van der Waals surface area contributed by atoms with E-state index in [1.165, 1.54) is 12.8 Å². The fraction of sp³-hybridized carbons (Fsp3) is 0.909. The number of likely N-dealkylation sites (tertiary alicyclic amines) is 1. The lowest BCUT2D eigenvalue weighted by atomic mass is 10.00. The summed E-state index contributed by atoms with van der Waals surface area (Å²) in [6.07, 6.45) is 4.27. The Morgan fingerprint density at radius 1 is 1.50 bits per heavy atom. The summed E-state index contributed by atoms with van der Waals surface area (Å²) in [6, 6.07) is 0.469. The van der Waals surface area contributed by atoms with E-state index in [-0.39, 0.29) is 0 Å². The first-order valence-electron chi connectivity index (χ1n) is 5.77. The minimum Gasteiger partial charge on any atom is -0.340 e. The van der Waals surface area contributed by atoms with Crippen molar-refractivity contribution in [1.82, 2.24) is 10.2 Å². The van der Waals surface area contributed by atoms with E-state index >= 15 is 0 Å². The van der Waals surface area contributed by atoms with Crippen molar-refractivity contribution in [3.8, 4) is 0 Å². The van der Waals surface area contributed by atoms with Crippen molar-refractivity contribution in [2.45, 2.75) is 38.6 Å². The van der Waals surface area contributed by atoms with Crippen LogP contribution >= 0.6 is 0 Å². The molecule has 0 aromatic rings. The van der Waals surface area contributed by atoms with Crippen molar-refractivity contribution in [1.29, 1.82) is 0 Å². The molecule has 0 saturated carbocycles. The molecule has 2 unspecified atom stereocenters. The smallest absolute Gasteiger partial charge is 0.222 e. The standard InChI is InChI=1S/C11H20N2O/c1-9-3-2-4-11(14)13(9)8-10-5-6-12-7-10/h9-10,12H,2-8H2,1H3. The van der Waals surface area contributed by atoms with Gasteiger partial charge >= 0.3 is 0 Å². The highest BCUT2D eigenvalue weighted by molar-refractivity contribution is 5.77. The number of hydrogen-bond acceptors (Lipinski definition) is 2. The van der Waals surface area contributed by atoms with E-state index in [9.17, 15) is 4.79 Å². The SMILES string of the molecule is CC1CCCC(=O)N1CC1CCNC1. The number of rotatable bonds is 2. The van der Waals surface area contributed by atoms with Crippen LogP contribution < -0.4 is 5.32 Å². The van der Waals surface area contributed by atoms with E-state index in [0.717, 1.165) is 32.5 Å². The summed E-state index contributed by atoms with van der Waals surface area (Å²) in [5, 5.41) is 3.35. The fourth-order valence-electron chi connectivity index (χ4n) is 2.52. The van der Waals surface area contributed by atoms with Gasteiger partial charge in [-0.3, -0.25) is 4.79 Å². The summed E-state index contributed by atoms with van der Waals surface area (Å²) in [7, 11) is 0. The normalized spacial score (nSPS) is 33.8. The zero-order chi connectivity index (χ0) is 9.97. The molecule has 2 aliphatic heterocycles. The number of carbonyl (C=O) groups excluding carboxylic acids is 1. The van der Waals surface area contributed by atoms with Crippen molar-refractivity contribution in [3.05, 3.63) is 0 Å². The second-order valence-corrected chi connectivity index (χ2v) is 4.65. The maximum Gasteiger partial charge on any atom is 0.222 e. The van der Waals surface area contributed by atoms with Crippen molar-refractivity contribution in [3.63, 3.8) is 0 Å². The third-order valence-electron chi connectivity index (χ3n) is 3.48. The Morgan fingerprint density at radius 2 is 2.36 bits per heavy atom. The van der Waals surface area contributed by atoms with Gasteiger partial charge in [0.2, 0.25) is 5.91 Å². The number of nitrogens with one attached hydrogen (secondary N) is 1. The highest BCUT2D eigenvalue weighted by atomic mass is 16.2. The molecule has 2 heterocycles. The third-order valence-corrected chi connectivity index (χ3v) is 3.48. The van der Waals surface area contributed by atoms with Crippen LogP contribution in [0.5, 0.6) is 0 Å². The molecule has 0 radical (unpaired) electrons. The Morgan fingerprint density at radius 3 is 3.00 bits per heavy atom. The first-order valence-corrected chi connectivity index (χ1v) is 5.77. The molecule has 0 bridgehead atoms. The van der Waals surface area contributed by atoms with Gasteiger partial charge in [0.25, 0.3) is 0 Å². The van der Waals surface area contributed by atoms with Gasteiger partial charge in [0.15, 0.2) is 0 Å². The average Bonchev–Trinajstić information content (AvgIpc) is 2.64. The molecular formula is C11H20N2O. The van der Waals surface area contributed by atoms with E-state index in [1.807, 2.05) is 0 Å². The molecule has 0 aromatic carbocycles. The summed E-state index contributed by atoms with van der Waals surface area (Å²) in [6.45, 7) is 5.38.